The number of hydrogen-bond acceptors (Lipinski definition) is 6. The van der Waals surface area contributed by atoms with Gasteiger partial charge in [0, 0.05) is 49.6 Å². The molecule has 0 aliphatic carbocycles. The van der Waals surface area contributed by atoms with Crippen molar-refractivity contribution in [3.8, 4) is 5.75 Å². The van der Waals surface area contributed by atoms with Crippen molar-refractivity contribution in [2.24, 2.45) is 13.0 Å². The summed E-state index contributed by atoms with van der Waals surface area (Å²) in [4.78, 5) is 23.4. The van der Waals surface area contributed by atoms with Crippen LogP contribution in [0.4, 0.5) is 5.82 Å². The van der Waals surface area contributed by atoms with Crippen molar-refractivity contribution < 1.29 is 9.53 Å². The lowest BCUT2D eigenvalue weighted by Crippen LogP contribution is -2.27. The molecule has 1 amide bonds. The fraction of sp³-hybridized carbons (Fsp3) is 0.429. The minimum atomic E-state index is -0.00701. The van der Waals surface area contributed by atoms with Crippen LogP contribution in [0.15, 0.2) is 24.4 Å². The molecular formula is C21H26N6O2. The standard InChI is InChI=1S/C21H26N6O2/c1-12-17(11-23-27(12)4)20-14(8-19(28)26(20)3)10-22-21-16-9-15(29-5)6-7-18(16)24-13(2)25-21/h6-7,9,11,14,20H,8,10H2,1-5H3,(H,22,24,25)/t14-,20+/m0/s1. The SMILES string of the molecule is COc1ccc2nc(C)nc(NC[C@@H]3CC(=O)N(C)[C@H]3c3cnn(C)c3C)c2c1. The number of anilines is 1. The van der Waals surface area contributed by atoms with Gasteiger partial charge in [-0.15, -0.1) is 0 Å². The van der Waals surface area contributed by atoms with Gasteiger partial charge in [-0.05, 0) is 32.0 Å². The predicted octanol–water partition coefficient (Wildman–Crippen LogP) is 2.62. The predicted molar refractivity (Wildman–Crippen MR) is 111 cm³/mol. The molecule has 1 aliphatic heterocycles. The Labute approximate surface area is 169 Å². The number of carbonyl (C=O) groups excluding carboxylic acids is 1. The van der Waals surface area contributed by atoms with Crippen molar-refractivity contribution in [2.75, 3.05) is 26.0 Å². The summed E-state index contributed by atoms with van der Waals surface area (Å²) in [6.45, 7) is 4.54. The lowest BCUT2D eigenvalue weighted by atomic mass is 9.94. The van der Waals surface area contributed by atoms with Crippen LogP contribution in [0.2, 0.25) is 0 Å². The number of rotatable bonds is 5. The number of ether oxygens (including phenoxy) is 1. The van der Waals surface area contributed by atoms with Gasteiger partial charge in [-0.25, -0.2) is 9.97 Å². The maximum Gasteiger partial charge on any atom is 0.223 e. The van der Waals surface area contributed by atoms with Gasteiger partial charge in [0.2, 0.25) is 5.91 Å². The van der Waals surface area contributed by atoms with Crippen LogP contribution in [-0.4, -0.2) is 51.3 Å². The third-order valence-corrected chi connectivity index (χ3v) is 5.83. The van der Waals surface area contributed by atoms with Crippen molar-refractivity contribution >= 4 is 22.6 Å². The third kappa shape index (κ3) is 3.39. The fourth-order valence-electron chi connectivity index (χ4n) is 4.12. The molecule has 8 nitrogen and oxygen atoms in total. The van der Waals surface area contributed by atoms with Gasteiger partial charge in [-0.2, -0.15) is 5.10 Å². The summed E-state index contributed by atoms with van der Waals surface area (Å²) in [6, 6.07) is 5.76. The Morgan fingerprint density at radius 3 is 2.72 bits per heavy atom. The molecule has 2 aromatic heterocycles. The maximum atomic E-state index is 12.5. The smallest absolute Gasteiger partial charge is 0.223 e. The van der Waals surface area contributed by atoms with Crippen LogP contribution in [0.5, 0.6) is 5.75 Å². The highest BCUT2D eigenvalue weighted by molar-refractivity contribution is 5.90. The first-order valence-corrected chi connectivity index (χ1v) is 9.69. The molecular weight excluding hydrogens is 368 g/mol. The van der Waals surface area contributed by atoms with E-state index in [2.05, 4.69) is 20.4 Å². The molecule has 1 N–H and O–H groups in total. The molecule has 1 aromatic carbocycles. The normalized spacial score (nSPS) is 19.2. The van der Waals surface area contributed by atoms with Crippen molar-refractivity contribution in [1.29, 1.82) is 0 Å². The molecule has 0 unspecified atom stereocenters. The minimum Gasteiger partial charge on any atom is -0.497 e. The maximum absolute atomic E-state index is 12.5. The lowest BCUT2D eigenvalue weighted by molar-refractivity contribution is -0.127. The van der Waals surface area contributed by atoms with Gasteiger partial charge in [-0.1, -0.05) is 0 Å². The van der Waals surface area contributed by atoms with E-state index < -0.39 is 0 Å². The number of nitrogens with zero attached hydrogens (tertiary/aromatic N) is 5. The molecule has 4 rings (SSSR count). The topological polar surface area (TPSA) is 85.2 Å². The Morgan fingerprint density at radius 1 is 1.24 bits per heavy atom. The number of methoxy groups -OCH3 is 1. The van der Waals surface area contributed by atoms with Crippen molar-refractivity contribution in [1.82, 2.24) is 24.6 Å². The van der Waals surface area contributed by atoms with E-state index in [1.54, 1.807) is 7.11 Å². The van der Waals surface area contributed by atoms with Crippen LogP contribution in [0.3, 0.4) is 0 Å². The summed E-state index contributed by atoms with van der Waals surface area (Å²) in [5.74, 6) is 2.48. The number of aryl methyl sites for hydroxylation is 2. The van der Waals surface area contributed by atoms with Gasteiger partial charge >= 0.3 is 0 Å². The second kappa shape index (κ2) is 7.35. The molecule has 0 saturated carbocycles. The summed E-state index contributed by atoms with van der Waals surface area (Å²) in [6.07, 6.45) is 2.37. The second-order valence-corrected chi connectivity index (χ2v) is 7.61. The zero-order valence-corrected chi connectivity index (χ0v) is 17.4. The van der Waals surface area contributed by atoms with Gasteiger partial charge in [0.1, 0.15) is 17.4 Å². The number of carbonyl (C=O) groups is 1. The number of fused-ring (bicyclic) bond motifs is 1. The first kappa shape index (κ1) is 19.2. The molecule has 0 radical (unpaired) electrons. The van der Waals surface area contributed by atoms with E-state index in [0.29, 0.717) is 18.8 Å². The number of hydrogen-bond donors (Lipinski definition) is 1. The van der Waals surface area contributed by atoms with Crippen LogP contribution >= 0.6 is 0 Å². The number of likely N-dealkylation sites (tertiary alicyclic amines) is 1. The highest BCUT2D eigenvalue weighted by Crippen LogP contribution is 2.38. The van der Waals surface area contributed by atoms with Gasteiger partial charge in [0.15, 0.2) is 0 Å². The largest absolute Gasteiger partial charge is 0.497 e. The van der Waals surface area contributed by atoms with Gasteiger partial charge < -0.3 is 15.0 Å². The average molecular weight is 394 g/mol. The zero-order valence-electron chi connectivity index (χ0n) is 17.4. The Kier molecular flexibility index (Phi) is 4.86. The first-order valence-electron chi connectivity index (χ1n) is 9.69. The van der Waals surface area contributed by atoms with Crippen LogP contribution < -0.4 is 10.1 Å². The average Bonchev–Trinajstić information content (AvgIpc) is 3.17. The Balaban J connectivity index is 1.64. The highest BCUT2D eigenvalue weighted by atomic mass is 16.5. The Hall–Kier alpha value is -3.16. The number of amides is 1. The zero-order chi connectivity index (χ0) is 20.7. The summed E-state index contributed by atoms with van der Waals surface area (Å²) >= 11 is 0. The number of benzene rings is 1. The minimum absolute atomic E-state index is 0.00701. The third-order valence-electron chi connectivity index (χ3n) is 5.83. The molecule has 1 fully saturated rings. The summed E-state index contributed by atoms with van der Waals surface area (Å²) in [5.41, 5.74) is 3.03. The van der Waals surface area contributed by atoms with Crippen LogP contribution in [0, 0.1) is 19.8 Å². The molecule has 1 saturated heterocycles. The molecule has 0 spiro atoms. The number of aromatic nitrogens is 4. The molecule has 3 heterocycles. The Bertz CT molecular complexity index is 1080. The summed E-state index contributed by atoms with van der Waals surface area (Å²) in [7, 11) is 5.44. The molecule has 1 aliphatic rings. The number of nitrogens with one attached hydrogen (secondary N) is 1. The first-order chi connectivity index (χ1) is 13.9. The molecule has 3 aromatic rings. The monoisotopic (exact) mass is 394 g/mol. The molecule has 0 bridgehead atoms. The van der Waals surface area contributed by atoms with Crippen molar-refractivity contribution in [3.05, 3.63) is 41.5 Å². The van der Waals surface area contributed by atoms with Crippen LogP contribution in [-0.2, 0) is 11.8 Å². The van der Waals surface area contributed by atoms with E-state index in [9.17, 15) is 4.79 Å². The van der Waals surface area contributed by atoms with E-state index in [1.807, 2.05) is 61.9 Å². The highest BCUT2D eigenvalue weighted by Gasteiger charge is 2.39. The van der Waals surface area contributed by atoms with E-state index >= 15 is 0 Å². The van der Waals surface area contributed by atoms with Crippen molar-refractivity contribution in [3.63, 3.8) is 0 Å². The van der Waals surface area contributed by atoms with Crippen LogP contribution in [0.25, 0.3) is 10.9 Å². The van der Waals surface area contributed by atoms with Gasteiger partial charge in [0.25, 0.3) is 0 Å². The van der Waals surface area contributed by atoms with Gasteiger partial charge in [-0.3, -0.25) is 9.48 Å². The fourth-order valence-corrected chi connectivity index (χ4v) is 4.12. The molecule has 8 heteroatoms. The van der Waals surface area contributed by atoms with Crippen molar-refractivity contribution in [2.45, 2.75) is 26.3 Å². The van der Waals surface area contributed by atoms with Crippen LogP contribution in [0.1, 0.15) is 29.5 Å². The lowest BCUT2D eigenvalue weighted by Gasteiger charge is -2.25. The molecule has 29 heavy (non-hydrogen) atoms. The second-order valence-electron chi connectivity index (χ2n) is 7.61. The summed E-state index contributed by atoms with van der Waals surface area (Å²) in [5, 5.41) is 8.75. The van der Waals surface area contributed by atoms with Gasteiger partial charge in [0.05, 0.1) is 24.9 Å². The summed E-state index contributed by atoms with van der Waals surface area (Å²) < 4.78 is 7.21. The van der Waals surface area contributed by atoms with E-state index in [-0.39, 0.29) is 17.9 Å². The van der Waals surface area contributed by atoms with E-state index in [1.165, 1.54) is 0 Å². The molecule has 152 valence electrons. The molecule has 2 atom stereocenters. The van der Waals surface area contributed by atoms with E-state index in [0.717, 1.165) is 33.7 Å². The van der Waals surface area contributed by atoms with E-state index in [4.69, 9.17) is 4.74 Å². The Morgan fingerprint density at radius 2 is 2.03 bits per heavy atom. The quantitative estimate of drug-likeness (QED) is 0.716.